The molecule has 0 spiro atoms. The average Bonchev–Trinajstić information content (AvgIpc) is 2.86. The lowest BCUT2D eigenvalue weighted by Gasteiger charge is -2.12. The van der Waals surface area contributed by atoms with E-state index in [9.17, 15) is 13.2 Å². The second kappa shape index (κ2) is 4.30. The molecule has 2 aromatic carbocycles. The first-order chi connectivity index (χ1) is 9.05. The number of benzene rings is 2. The number of hydrogen-bond acceptors (Lipinski definition) is 1. The lowest BCUT2D eigenvalue weighted by atomic mass is 9.99. The average molecular weight is 263 g/mol. The van der Waals surface area contributed by atoms with Crippen molar-refractivity contribution in [1.82, 2.24) is 0 Å². The Balaban J connectivity index is 2.11. The van der Waals surface area contributed by atoms with Gasteiger partial charge < -0.3 is 5.32 Å². The highest BCUT2D eigenvalue weighted by Gasteiger charge is 2.30. The third-order valence-corrected chi connectivity index (χ3v) is 3.35. The van der Waals surface area contributed by atoms with Gasteiger partial charge in [-0.2, -0.15) is 13.2 Å². The predicted molar refractivity (Wildman–Crippen MR) is 69.1 cm³/mol. The number of nitrogens with one attached hydrogen (secondary N) is 1. The molecule has 1 nitrogen and oxygen atoms in total. The Morgan fingerprint density at radius 2 is 1.79 bits per heavy atom. The molecule has 0 radical (unpaired) electrons. The van der Waals surface area contributed by atoms with Crippen LogP contribution < -0.4 is 5.32 Å². The minimum absolute atomic E-state index is 0.598. The fraction of sp³-hybridized carbons (Fsp3) is 0.200. The molecule has 0 bridgehead atoms. The van der Waals surface area contributed by atoms with Gasteiger partial charge in [-0.3, -0.25) is 0 Å². The maximum Gasteiger partial charge on any atom is 0.416 e. The van der Waals surface area contributed by atoms with Gasteiger partial charge in [0.2, 0.25) is 0 Å². The summed E-state index contributed by atoms with van der Waals surface area (Å²) in [6.07, 6.45) is -3.39. The van der Waals surface area contributed by atoms with Crippen molar-refractivity contribution in [2.24, 2.45) is 0 Å². The van der Waals surface area contributed by atoms with E-state index < -0.39 is 11.7 Å². The summed E-state index contributed by atoms with van der Waals surface area (Å²) in [7, 11) is 0. The van der Waals surface area contributed by atoms with Gasteiger partial charge in [0.05, 0.1) is 5.56 Å². The van der Waals surface area contributed by atoms with Crippen LogP contribution in [0.3, 0.4) is 0 Å². The minimum Gasteiger partial charge on any atom is -0.384 e. The Hall–Kier alpha value is -1.97. The Kier molecular flexibility index (Phi) is 2.73. The molecule has 4 heteroatoms. The highest BCUT2D eigenvalue weighted by Crippen LogP contribution is 2.37. The van der Waals surface area contributed by atoms with Crippen molar-refractivity contribution >= 4 is 5.69 Å². The number of halogens is 3. The summed E-state index contributed by atoms with van der Waals surface area (Å²) in [6, 6.07) is 11.2. The number of fused-ring (bicyclic) bond motifs is 1. The molecule has 1 heterocycles. The zero-order valence-corrected chi connectivity index (χ0v) is 10.1. The largest absolute Gasteiger partial charge is 0.416 e. The van der Waals surface area contributed by atoms with Crippen molar-refractivity contribution in [2.45, 2.75) is 12.6 Å². The zero-order chi connectivity index (χ0) is 13.5. The number of para-hydroxylation sites is 1. The molecular weight excluding hydrogens is 251 g/mol. The molecule has 0 saturated heterocycles. The first-order valence-corrected chi connectivity index (χ1v) is 6.09. The van der Waals surface area contributed by atoms with Gasteiger partial charge in [0, 0.05) is 17.8 Å². The van der Waals surface area contributed by atoms with E-state index in [0.717, 1.165) is 35.8 Å². The molecule has 98 valence electrons. The fourth-order valence-corrected chi connectivity index (χ4v) is 2.44. The van der Waals surface area contributed by atoms with E-state index >= 15 is 0 Å². The van der Waals surface area contributed by atoms with E-state index in [1.54, 1.807) is 6.07 Å². The molecule has 0 aromatic heterocycles. The Labute approximate surface area is 109 Å². The van der Waals surface area contributed by atoms with Gasteiger partial charge in [-0.15, -0.1) is 0 Å². The second-order valence-electron chi connectivity index (χ2n) is 4.60. The Morgan fingerprint density at radius 3 is 2.58 bits per heavy atom. The van der Waals surface area contributed by atoms with Crippen LogP contribution in [0.15, 0.2) is 42.5 Å². The molecule has 3 rings (SSSR count). The lowest BCUT2D eigenvalue weighted by Crippen LogP contribution is -2.04. The Morgan fingerprint density at radius 1 is 1.00 bits per heavy atom. The predicted octanol–water partition coefficient (Wildman–Crippen LogP) is 4.34. The molecule has 1 aliphatic rings. The molecule has 1 N–H and O–H groups in total. The van der Waals surface area contributed by atoms with Crippen LogP contribution in [0.25, 0.3) is 11.1 Å². The summed E-state index contributed by atoms with van der Waals surface area (Å²) in [5, 5.41) is 3.24. The molecule has 1 aliphatic heterocycles. The third-order valence-electron chi connectivity index (χ3n) is 3.35. The van der Waals surface area contributed by atoms with Crippen molar-refractivity contribution in [3.63, 3.8) is 0 Å². The summed E-state index contributed by atoms with van der Waals surface area (Å²) < 4.78 is 38.2. The van der Waals surface area contributed by atoms with E-state index in [1.807, 2.05) is 18.2 Å². The van der Waals surface area contributed by atoms with Crippen LogP contribution in [0.5, 0.6) is 0 Å². The van der Waals surface area contributed by atoms with Crippen molar-refractivity contribution < 1.29 is 13.2 Å². The Bertz CT molecular complexity index is 617. The first-order valence-electron chi connectivity index (χ1n) is 6.09. The maximum absolute atomic E-state index is 12.7. The van der Waals surface area contributed by atoms with E-state index in [1.165, 1.54) is 12.1 Å². The van der Waals surface area contributed by atoms with Crippen LogP contribution in [-0.4, -0.2) is 6.54 Å². The normalized spacial score (nSPS) is 14.1. The third kappa shape index (κ3) is 2.18. The topological polar surface area (TPSA) is 12.0 Å². The fourth-order valence-electron chi connectivity index (χ4n) is 2.44. The van der Waals surface area contributed by atoms with Crippen LogP contribution in [0.2, 0.25) is 0 Å². The summed E-state index contributed by atoms with van der Waals surface area (Å²) in [5.74, 6) is 0. The molecule has 0 fully saturated rings. The molecule has 0 saturated carbocycles. The summed E-state index contributed by atoms with van der Waals surface area (Å²) in [4.78, 5) is 0. The highest BCUT2D eigenvalue weighted by atomic mass is 19.4. The lowest BCUT2D eigenvalue weighted by molar-refractivity contribution is -0.137. The van der Waals surface area contributed by atoms with Gasteiger partial charge in [-0.1, -0.05) is 30.3 Å². The summed E-state index contributed by atoms with van der Waals surface area (Å²) in [5.41, 5.74) is 2.94. The van der Waals surface area contributed by atoms with Gasteiger partial charge >= 0.3 is 6.18 Å². The maximum atomic E-state index is 12.7. The monoisotopic (exact) mass is 263 g/mol. The van der Waals surface area contributed by atoms with Gasteiger partial charge in [-0.25, -0.2) is 0 Å². The number of alkyl halides is 3. The van der Waals surface area contributed by atoms with Crippen molar-refractivity contribution in [2.75, 3.05) is 11.9 Å². The van der Waals surface area contributed by atoms with E-state index in [4.69, 9.17) is 0 Å². The van der Waals surface area contributed by atoms with E-state index in [0.29, 0.717) is 5.56 Å². The van der Waals surface area contributed by atoms with Gasteiger partial charge in [0.25, 0.3) is 0 Å². The van der Waals surface area contributed by atoms with E-state index in [-0.39, 0.29) is 0 Å². The van der Waals surface area contributed by atoms with Crippen LogP contribution in [0, 0.1) is 0 Å². The molecule has 0 amide bonds. The van der Waals surface area contributed by atoms with Crippen molar-refractivity contribution in [3.8, 4) is 11.1 Å². The molecule has 19 heavy (non-hydrogen) atoms. The van der Waals surface area contributed by atoms with Gasteiger partial charge in [0.15, 0.2) is 0 Å². The smallest absolute Gasteiger partial charge is 0.384 e. The molecular formula is C15H12F3N. The highest BCUT2D eigenvalue weighted by molar-refractivity contribution is 5.81. The van der Waals surface area contributed by atoms with E-state index in [2.05, 4.69) is 5.32 Å². The standard InChI is InChI=1S/C15H12F3N/c16-15(17,18)12-5-1-4-11(9-12)13-6-2-3-10-7-8-19-14(10)13/h1-6,9,19H,7-8H2. The quantitative estimate of drug-likeness (QED) is 0.807. The second-order valence-corrected chi connectivity index (χ2v) is 4.60. The number of rotatable bonds is 1. The molecule has 2 aromatic rings. The van der Waals surface area contributed by atoms with Crippen molar-refractivity contribution in [3.05, 3.63) is 53.6 Å². The van der Waals surface area contributed by atoms with Crippen LogP contribution in [-0.2, 0) is 12.6 Å². The minimum atomic E-state index is -4.30. The van der Waals surface area contributed by atoms with Crippen molar-refractivity contribution in [1.29, 1.82) is 0 Å². The SMILES string of the molecule is FC(F)(F)c1cccc(-c2cccc3c2NCC3)c1. The summed E-state index contributed by atoms with van der Waals surface area (Å²) in [6.45, 7) is 0.839. The van der Waals surface area contributed by atoms with Gasteiger partial charge in [0.1, 0.15) is 0 Å². The number of hydrogen-bond donors (Lipinski definition) is 1. The summed E-state index contributed by atoms with van der Waals surface area (Å²) >= 11 is 0. The van der Waals surface area contributed by atoms with Crippen LogP contribution in [0.4, 0.5) is 18.9 Å². The molecule has 0 unspecified atom stereocenters. The molecule has 0 atom stereocenters. The zero-order valence-electron chi connectivity index (χ0n) is 10.1. The first kappa shape index (κ1) is 12.1. The van der Waals surface area contributed by atoms with Crippen LogP contribution in [0.1, 0.15) is 11.1 Å². The van der Waals surface area contributed by atoms with Gasteiger partial charge in [-0.05, 0) is 29.7 Å². The molecule has 0 aliphatic carbocycles. The van der Waals surface area contributed by atoms with Crippen LogP contribution >= 0.6 is 0 Å². The number of anilines is 1.